The Labute approximate surface area is 87.6 Å². The van der Waals surface area contributed by atoms with Gasteiger partial charge in [0.1, 0.15) is 5.82 Å². The van der Waals surface area contributed by atoms with Crippen LogP contribution in [0, 0.1) is 5.82 Å². The number of pyridine rings is 1. The lowest BCUT2D eigenvalue weighted by molar-refractivity contribution is 0.630. The van der Waals surface area contributed by atoms with Gasteiger partial charge < -0.3 is 5.73 Å². The van der Waals surface area contributed by atoms with Gasteiger partial charge in [0.15, 0.2) is 0 Å². The number of nitrogens with two attached hydrogens (primary N) is 1. The van der Waals surface area contributed by atoms with Gasteiger partial charge in [-0.3, -0.25) is 4.98 Å². The quantitative estimate of drug-likeness (QED) is 0.811. The van der Waals surface area contributed by atoms with Crippen molar-refractivity contribution in [3.63, 3.8) is 0 Å². The van der Waals surface area contributed by atoms with Crippen molar-refractivity contribution in [3.05, 3.63) is 54.1 Å². The second-order valence-corrected chi connectivity index (χ2v) is 3.26. The Hall–Kier alpha value is -1.74. The molecule has 1 aromatic heterocycles. The van der Waals surface area contributed by atoms with E-state index in [2.05, 4.69) is 4.98 Å². The van der Waals surface area contributed by atoms with E-state index in [1.807, 2.05) is 6.07 Å². The van der Waals surface area contributed by atoms with Gasteiger partial charge in [-0.2, -0.15) is 0 Å². The number of hydrogen-bond acceptors (Lipinski definition) is 2. The fraction of sp³-hybridized carbons (Fsp3) is 0.0833. The van der Waals surface area contributed by atoms with Gasteiger partial charge in [-0.15, -0.1) is 0 Å². The molecule has 0 radical (unpaired) electrons. The van der Waals surface area contributed by atoms with Crippen LogP contribution in [0.25, 0.3) is 11.1 Å². The van der Waals surface area contributed by atoms with Crippen LogP contribution in [-0.2, 0) is 6.54 Å². The van der Waals surface area contributed by atoms with Crippen LogP contribution >= 0.6 is 0 Å². The molecule has 2 aromatic rings. The standard InChI is InChI=1S/C12H11FN2/c13-12-4-3-9(7-14)6-11(12)10-2-1-5-15-8-10/h1-6,8H,7,14H2. The number of aromatic nitrogens is 1. The van der Waals surface area contributed by atoms with Crippen molar-refractivity contribution < 1.29 is 4.39 Å². The third kappa shape index (κ3) is 2.02. The van der Waals surface area contributed by atoms with Gasteiger partial charge in [-0.05, 0) is 23.8 Å². The summed E-state index contributed by atoms with van der Waals surface area (Å²) in [6.45, 7) is 0.410. The van der Waals surface area contributed by atoms with E-state index < -0.39 is 0 Å². The predicted molar refractivity (Wildman–Crippen MR) is 57.5 cm³/mol. The molecule has 0 spiro atoms. The zero-order valence-corrected chi connectivity index (χ0v) is 8.15. The summed E-state index contributed by atoms with van der Waals surface area (Å²) in [7, 11) is 0. The van der Waals surface area contributed by atoms with Crippen molar-refractivity contribution >= 4 is 0 Å². The van der Waals surface area contributed by atoms with Gasteiger partial charge in [0.05, 0.1) is 0 Å². The molecule has 0 saturated carbocycles. The van der Waals surface area contributed by atoms with E-state index in [-0.39, 0.29) is 5.82 Å². The van der Waals surface area contributed by atoms with Crippen LogP contribution in [0.5, 0.6) is 0 Å². The SMILES string of the molecule is NCc1ccc(F)c(-c2cccnc2)c1. The molecule has 76 valence electrons. The van der Waals surface area contributed by atoms with E-state index in [4.69, 9.17) is 5.73 Å². The first-order valence-electron chi connectivity index (χ1n) is 4.70. The lowest BCUT2D eigenvalue weighted by atomic mass is 10.0. The smallest absolute Gasteiger partial charge is 0.131 e. The Morgan fingerprint density at radius 2 is 2.13 bits per heavy atom. The van der Waals surface area contributed by atoms with Crippen LogP contribution in [-0.4, -0.2) is 4.98 Å². The monoisotopic (exact) mass is 202 g/mol. The predicted octanol–water partition coefficient (Wildman–Crippen LogP) is 2.35. The molecule has 2 N–H and O–H groups in total. The van der Waals surface area contributed by atoms with Crippen LogP contribution in [0.1, 0.15) is 5.56 Å². The van der Waals surface area contributed by atoms with Crippen molar-refractivity contribution in [2.24, 2.45) is 5.73 Å². The molecule has 0 fully saturated rings. The minimum absolute atomic E-state index is 0.250. The van der Waals surface area contributed by atoms with E-state index in [9.17, 15) is 4.39 Å². The number of nitrogens with zero attached hydrogens (tertiary/aromatic N) is 1. The number of hydrogen-bond donors (Lipinski definition) is 1. The molecule has 0 unspecified atom stereocenters. The Morgan fingerprint density at radius 3 is 2.80 bits per heavy atom. The molecule has 0 aliphatic rings. The molecule has 3 heteroatoms. The molecule has 0 aliphatic carbocycles. The minimum Gasteiger partial charge on any atom is -0.326 e. The fourth-order valence-electron chi connectivity index (χ4n) is 1.44. The molecule has 0 saturated heterocycles. The molecule has 1 heterocycles. The summed E-state index contributed by atoms with van der Waals surface area (Å²) in [6.07, 6.45) is 3.30. The highest BCUT2D eigenvalue weighted by Gasteiger charge is 2.05. The van der Waals surface area contributed by atoms with Gasteiger partial charge in [0.2, 0.25) is 0 Å². The average Bonchev–Trinajstić information content (AvgIpc) is 2.31. The first kappa shape index (κ1) is 9.80. The Morgan fingerprint density at radius 1 is 1.27 bits per heavy atom. The van der Waals surface area contributed by atoms with Crippen LogP contribution in [0.3, 0.4) is 0 Å². The summed E-state index contributed by atoms with van der Waals surface area (Å²) in [5, 5.41) is 0. The van der Waals surface area contributed by atoms with E-state index in [0.717, 1.165) is 11.1 Å². The second-order valence-electron chi connectivity index (χ2n) is 3.26. The van der Waals surface area contributed by atoms with E-state index in [0.29, 0.717) is 12.1 Å². The van der Waals surface area contributed by atoms with Gasteiger partial charge in [-0.25, -0.2) is 4.39 Å². The maximum absolute atomic E-state index is 13.5. The van der Waals surface area contributed by atoms with Gasteiger partial charge in [0, 0.05) is 30.1 Å². The van der Waals surface area contributed by atoms with E-state index in [1.165, 1.54) is 6.07 Å². The van der Waals surface area contributed by atoms with Gasteiger partial charge >= 0.3 is 0 Å². The summed E-state index contributed by atoms with van der Waals surface area (Å²) in [4.78, 5) is 3.96. The molecular formula is C12H11FN2. The maximum atomic E-state index is 13.5. The Balaban J connectivity index is 2.52. The normalized spacial score (nSPS) is 10.3. The minimum atomic E-state index is -0.250. The van der Waals surface area contributed by atoms with Crippen molar-refractivity contribution in [1.29, 1.82) is 0 Å². The number of benzene rings is 1. The first-order chi connectivity index (χ1) is 7.31. The second kappa shape index (κ2) is 4.19. The lowest BCUT2D eigenvalue weighted by Crippen LogP contribution is -1.97. The molecule has 15 heavy (non-hydrogen) atoms. The van der Waals surface area contributed by atoms with Crippen LogP contribution in [0.4, 0.5) is 4.39 Å². The van der Waals surface area contributed by atoms with Gasteiger partial charge in [-0.1, -0.05) is 12.1 Å². The third-order valence-electron chi connectivity index (χ3n) is 2.24. The maximum Gasteiger partial charge on any atom is 0.131 e. The molecule has 1 aromatic carbocycles. The average molecular weight is 202 g/mol. The highest BCUT2D eigenvalue weighted by Crippen LogP contribution is 2.22. The van der Waals surface area contributed by atoms with E-state index in [1.54, 1.807) is 30.6 Å². The fourth-order valence-corrected chi connectivity index (χ4v) is 1.44. The largest absolute Gasteiger partial charge is 0.326 e. The summed E-state index contributed by atoms with van der Waals surface area (Å²) in [5.41, 5.74) is 7.74. The molecule has 2 rings (SSSR count). The Bertz CT molecular complexity index is 454. The zero-order chi connectivity index (χ0) is 10.7. The van der Waals surface area contributed by atoms with Crippen LogP contribution in [0.15, 0.2) is 42.7 Å². The van der Waals surface area contributed by atoms with Crippen molar-refractivity contribution in [1.82, 2.24) is 4.98 Å². The first-order valence-corrected chi connectivity index (χ1v) is 4.70. The van der Waals surface area contributed by atoms with Gasteiger partial charge in [0.25, 0.3) is 0 Å². The number of rotatable bonds is 2. The summed E-state index contributed by atoms with van der Waals surface area (Å²) in [6, 6.07) is 8.49. The lowest BCUT2D eigenvalue weighted by Gasteiger charge is -2.05. The molecule has 0 aliphatic heterocycles. The van der Waals surface area contributed by atoms with Crippen LogP contribution in [0.2, 0.25) is 0 Å². The van der Waals surface area contributed by atoms with Crippen LogP contribution < -0.4 is 5.73 Å². The third-order valence-corrected chi connectivity index (χ3v) is 2.24. The molecule has 2 nitrogen and oxygen atoms in total. The zero-order valence-electron chi connectivity index (χ0n) is 8.15. The summed E-state index contributed by atoms with van der Waals surface area (Å²) < 4.78 is 13.5. The Kier molecular flexibility index (Phi) is 2.74. The summed E-state index contributed by atoms with van der Waals surface area (Å²) >= 11 is 0. The van der Waals surface area contributed by atoms with Crippen molar-refractivity contribution in [3.8, 4) is 11.1 Å². The highest BCUT2D eigenvalue weighted by atomic mass is 19.1. The highest BCUT2D eigenvalue weighted by molar-refractivity contribution is 5.63. The van der Waals surface area contributed by atoms with Crippen molar-refractivity contribution in [2.45, 2.75) is 6.54 Å². The number of halogens is 1. The molecule has 0 bridgehead atoms. The summed E-state index contributed by atoms with van der Waals surface area (Å²) in [5.74, 6) is -0.250. The molecule has 0 amide bonds. The molecular weight excluding hydrogens is 191 g/mol. The van der Waals surface area contributed by atoms with Crippen molar-refractivity contribution in [2.75, 3.05) is 0 Å². The van der Waals surface area contributed by atoms with E-state index >= 15 is 0 Å². The topological polar surface area (TPSA) is 38.9 Å². The molecule has 0 atom stereocenters.